The highest BCUT2D eigenvalue weighted by Gasteiger charge is 2.41. The number of thiocarbonyl (C=S) groups is 1. The van der Waals surface area contributed by atoms with E-state index in [1.165, 1.54) is 33.9 Å². The molecule has 0 amide bonds. The molecular formula is C31H33N5OS. The van der Waals surface area contributed by atoms with Gasteiger partial charge in [-0.1, -0.05) is 36.4 Å². The Morgan fingerprint density at radius 1 is 0.921 bits per heavy atom. The van der Waals surface area contributed by atoms with Gasteiger partial charge in [-0.05, 0) is 79.7 Å². The maximum absolute atomic E-state index is 5.91. The lowest BCUT2D eigenvalue weighted by Gasteiger charge is -2.29. The van der Waals surface area contributed by atoms with Crippen LogP contribution < -0.4 is 10.2 Å². The van der Waals surface area contributed by atoms with Gasteiger partial charge in [-0.15, -0.1) is 0 Å². The molecule has 2 aliphatic heterocycles. The summed E-state index contributed by atoms with van der Waals surface area (Å²) in [5.41, 5.74) is 8.32. The molecule has 38 heavy (non-hydrogen) atoms. The van der Waals surface area contributed by atoms with Crippen molar-refractivity contribution in [3.63, 3.8) is 0 Å². The van der Waals surface area contributed by atoms with E-state index in [0.29, 0.717) is 0 Å². The monoisotopic (exact) mass is 523 g/mol. The van der Waals surface area contributed by atoms with Crippen LogP contribution in [0.5, 0.6) is 0 Å². The average molecular weight is 524 g/mol. The summed E-state index contributed by atoms with van der Waals surface area (Å²) < 4.78 is 7.88. The Labute approximate surface area is 229 Å². The van der Waals surface area contributed by atoms with Crippen LogP contribution in [0.2, 0.25) is 0 Å². The summed E-state index contributed by atoms with van der Waals surface area (Å²) in [6.45, 7) is 8.58. The van der Waals surface area contributed by atoms with Gasteiger partial charge in [0, 0.05) is 48.6 Å². The maximum Gasteiger partial charge on any atom is 0.170 e. The molecule has 0 unspecified atom stereocenters. The number of benzene rings is 2. The first-order valence-electron chi connectivity index (χ1n) is 13.2. The van der Waals surface area contributed by atoms with Crippen LogP contribution in [0.25, 0.3) is 5.69 Å². The number of hydrogen-bond acceptors (Lipinski definition) is 4. The van der Waals surface area contributed by atoms with Gasteiger partial charge >= 0.3 is 0 Å². The van der Waals surface area contributed by atoms with Gasteiger partial charge in [0.25, 0.3) is 0 Å². The highest BCUT2D eigenvalue weighted by atomic mass is 32.1. The van der Waals surface area contributed by atoms with Gasteiger partial charge < -0.3 is 24.4 Å². The predicted octanol–water partition coefficient (Wildman–Crippen LogP) is 5.50. The summed E-state index contributed by atoms with van der Waals surface area (Å²) in [4.78, 5) is 9.42. The second kappa shape index (κ2) is 10.6. The van der Waals surface area contributed by atoms with E-state index in [1.807, 2.05) is 18.3 Å². The van der Waals surface area contributed by atoms with Crippen molar-refractivity contribution in [3.8, 4) is 5.69 Å². The van der Waals surface area contributed by atoms with Gasteiger partial charge in [-0.25, -0.2) is 0 Å². The van der Waals surface area contributed by atoms with Crippen molar-refractivity contribution < 1.29 is 4.74 Å². The fourth-order valence-electron chi connectivity index (χ4n) is 5.81. The third-order valence-corrected chi connectivity index (χ3v) is 8.02. The Balaban J connectivity index is 1.38. The lowest BCUT2D eigenvalue weighted by atomic mass is 9.96. The zero-order chi connectivity index (χ0) is 26.1. The Kier molecular flexibility index (Phi) is 6.87. The van der Waals surface area contributed by atoms with E-state index in [1.54, 1.807) is 0 Å². The molecule has 7 heteroatoms. The minimum absolute atomic E-state index is 0.0187. The number of nitrogens with zero attached hydrogens (tertiary/aromatic N) is 4. The highest BCUT2D eigenvalue weighted by molar-refractivity contribution is 7.80. The molecule has 4 aromatic rings. The summed E-state index contributed by atoms with van der Waals surface area (Å²) in [7, 11) is 0. The molecule has 0 radical (unpaired) electrons. The smallest absolute Gasteiger partial charge is 0.170 e. The summed E-state index contributed by atoms with van der Waals surface area (Å²) in [6, 6.07) is 27.8. The highest BCUT2D eigenvalue weighted by Crippen LogP contribution is 2.42. The van der Waals surface area contributed by atoms with Gasteiger partial charge in [0.1, 0.15) is 0 Å². The molecule has 1 N–H and O–H groups in total. The number of ether oxygens (including phenoxy) is 1. The first-order valence-corrected chi connectivity index (χ1v) is 13.6. The predicted molar refractivity (Wildman–Crippen MR) is 156 cm³/mol. The molecule has 0 spiro atoms. The van der Waals surface area contributed by atoms with Gasteiger partial charge in [-0.3, -0.25) is 4.98 Å². The molecule has 6 rings (SSSR count). The van der Waals surface area contributed by atoms with Crippen molar-refractivity contribution >= 4 is 23.0 Å². The molecule has 2 aliphatic rings. The van der Waals surface area contributed by atoms with E-state index in [9.17, 15) is 0 Å². The molecular weight excluding hydrogens is 490 g/mol. The minimum atomic E-state index is -0.0370. The summed E-state index contributed by atoms with van der Waals surface area (Å²) in [5.74, 6) is 0. The SMILES string of the molecule is Cc1cc([C@@H]2[C@@H](c3ccccn3)NC(=S)N2Cc2ccccc2)c(C)n1-c1ccc(N2CCOCC2)cc1. The molecule has 0 aliphatic carbocycles. The van der Waals surface area contributed by atoms with Gasteiger partial charge in [0.15, 0.2) is 5.11 Å². The van der Waals surface area contributed by atoms with E-state index >= 15 is 0 Å². The second-order valence-electron chi connectivity index (χ2n) is 10.0. The van der Waals surface area contributed by atoms with Crippen molar-refractivity contribution in [1.82, 2.24) is 19.8 Å². The molecule has 0 saturated carbocycles. The average Bonchev–Trinajstić information content (AvgIpc) is 3.44. The summed E-state index contributed by atoms with van der Waals surface area (Å²) >= 11 is 5.91. The van der Waals surface area contributed by atoms with Crippen LogP contribution in [0.1, 0.15) is 40.3 Å². The number of nitrogens with one attached hydrogen (secondary N) is 1. The quantitative estimate of drug-likeness (QED) is 0.337. The Morgan fingerprint density at radius 3 is 2.34 bits per heavy atom. The van der Waals surface area contributed by atoms with Gasteiger partial charge in [0.2, 0.25) is 0 Å². The van der Waals surface area contributed by atoms with Crippen LogP contribution in [0.4, 0.5) is 5.69 Å². The molecule has 2 aromatic carbocycles. The molecule has 2 aromatic heterocycles. The van der Waals surface area contributed by atoms with Crippen molar-refractivity contribution in [1.29, 1.82) is 0 Å². The van der Waals surface area contributed by atoms with Gasteiger partial charge in [0.05, 0.1) is 31.0 Å². The fraction of sp³-hybridized carbons (Fsp3) is 0.290. The first kappa shape index (κ1) is 24.6. The van der Waals surface area contributed by atoms with Crippen LogP contribution in [-0.4, -0.2) is 45.9 Å². The van der Waals surface area contributed by atoms with Crippen LogP contribution in [0, 0.1) is 13.8 Å². The number of aryl methyl sites for hydroxylation is 1. The van der Waals surface area contributed by atoms with Gasteiger partial charge in [-0.2, -0.15) is 0 Å². The van der Waals surface area contributed by atoms with Crippen LogP contribution in [-0.2, 0) is 11.3 Å². The zero-order valence-corrected chi connectivity index (χ0v) is 22.7. The number of morpholine rings is 1. The number of pyridine rings is 1. The van der Waals surface area contributed by atoms with E-state index in [0.717, 1.165) is 43.7 Å². The Hall–Kier alpha value is -3.68. The van der Waals surface area contributed by atoms with Crippen LogP contribution in [0.3, 0.4) is 0 Å². The standard InChI is InChI=1S/C31H33N5OS/c1-22-20-27(23(2)36(22)26-13-11-25(12-14-26)34-16-18-37-19-17-34)30-29(28-10-6-7-15-32-28)33-31(38)35(30)21-24-8-4-3-5-9-24/h3-15,20,29-30H,16-19,21H2,1-2H3,(H,33,38)/t29-,30-/m1/s1. The number of anilines is 1. The molecule has 2 fully saturated rings. The fourth-order valence-corrected chi connectivity index (χ4v) is 6.12. The van der Waals surface area contributed by atoms with E-state index < -0.39 is 0 Å². The largest absolute Gasteiger partial charge is 0.378 e. The topological polar surface area (TPSA) is 45.6 Å². The lowest BCUT2D eigenvalue weighted by molar-refractivity contribution is 0.122. The summed E-state index contributed by atoms with van der Waals surface area (Å²) in [5, 5.41) is 4.36. The Morgan fingerprint density at radius 2 is 1.63 bits per heavy atom. The molecule has 0 bridgehead atoms. The zero-order valence-electron chi connectivity index (χ0n) is 21.9. The maximum atomic E-state index is 5.91. The van der Waals surface area contributed by atoms with Crippen LogP contribution in [0.15, 0.2) is 85.1 Å². The molecule has 194 valence electrons. The summed E-state index contributed by atoms with van der Waals surface area (Å²) in [6.07, 6.45) is 1.86. The molecule has 6 nitrogen and oxygen atoms in total. The molecule has 2 saturated heterocycles. The second-order valence-corrected chi connectivity index (χ2v) is 10.4. The van der Waals surface area contributed by atoms with Crippen molar-refractivity contribution in [2.24, 2.45) is 0 Å². The van der Waals surface area contributed by atoms with Crippen molar-refractivity contribution in [3.05, 3.63) is 113 Å². The van der Waals surface area contributed by atoms with E-state index in [-0.39, 0.29) is 12.1 Å². The van der Waals surface area contributed by atoms with E-state index in [4.69, 9.17) is 21.9 Å². The number of hydrogen-bond donors (Lipinski definition) is 1. The van der Waals surface area contributed by atoms with Crippen molar-refractivity contribution in [2.45, 2.75) is 32.5 Å². The molecule has 4 heterocycles. The number of aromatic nitrogens is 2. The Bertz CT molecular complexity index is 1400. The lowest BCUT2D eigenvalue weighted by Crippen LogP contribution is -2.36. The third kappa shape index (κ3) is 4.68. The minimum Gasteiger partial charge on any atom is -0.378 e. The van der Waals surface area contributed by atoms with Crippen molar-refractivity contribution in [2.75, 3.05) is 31.2 Å². The molecule has 2 atom stereocenters. The number of rotatable bonds is 6. The van der Waals surface area contributed by atoms with E-state index in [2.05, 4.69) is 100 Å². The third-order valence-electron chi connectivity index (χ3n) is 7.67. The normalized spacial score (nSPS) is 19.6. The van der Waals surface area contributed by atoms with Crippen LogP contribution >= 0.6 is 12.2 Å². The first-order chi connectivity index (χ1) is 18.6.